The summed E-state index contributed by atoms with van der Waals surface area (Å²) in [6, 6.07) is 4.61. The predicted molar refractivity (Wildman–Crippen MR) is 82.3 cm³/mol. The quantitative estimate of drug-likeness (QED) is 0.892. The molecule has 0 aliphatic carbocycles. The van der Waals surface area contributed by atoms with Gasteiger partial charge in [-0.15, -0.1) is 0 Å². The molecule has 0 saturated carbocycles. The summed E-state index contributed by atoms with van der Waals surface area (Å²) in [6.45, 7) is 3.54. The lowest BCUT2D eigenvalue weighted by Gasteiger charge is -2.09. The number of aryl methyl sites for hydroxylation is 2. The van der Waals surface area contributed by atoms with Gasteiger partial charge in [0.05, 0.1) is 28.4 Å². The molecule has 0 atom stereocenters. The summed E-state index contributed by atoms with van der Waals surface area (Å²) in [5.74, 6) is -0.128. The molecule has 116 valence electrons. The molecule has 1 amide bonds. The standard InChI is InChI=1S/C14H16N4O3S/c1-8-14(9(2)18(3)16-8)17-22(20,21)11-4-5-12-10(6-11)7-13(19)15-12/h4-6,17H,7H2,1-3H3,(H,15,19). The number of anilines is 2. The summed E-state index contributed by atoms with van der Waals surface area (Å²) in [6.07, 6.45) is 0.198. The van der Waals surface area contributed by atoms with Gasteiger partial charge in [0.15, 0.2) is 0 Å². The zero-order valence-electron chi connectivity index (χ0n) is 12.5. The Bertz CT molecular complexity index is 884. The van der Waals surface area contributed by atoms with Crippen LogP contribution in [0.25, 0.3) is 0 Å². The lowest BCUT2D eigenvalue weighted by atomic mass is 10.2. The Morgan fingerprint density at radius 3 is 2.68 bits per heavy atom. The highest BCUT2D eigenvalue weighted by Crippen LogP contribution is 2.28. The van der Waals surface area contributed by atoms with Crippen LogP contribution in [-0.4, -0.2) is 24.1 Å². The number of hydrogen-bond acceptors (Lipinski definition) is 4. The second-order valence-corrected chi connectivity index (χ2v) is 7.00. The average Bonchev–Trinajstić information content (AvgIpc) is 2.92. The zero-order chi connectivity index (χ0) is 16.1. The van der Waals surface area contributed by atoms with Gasteiger partial charge in [-0.05, 0) is 37.6 Å². The Morgan fingerprint density at radius 1 is 1.32 bits per heavy atom. The van der Waals surface area contributed by atoms with E-state index in [4.69, 9.17) is 0 Å². The maximum atomic E-state index is 12.5. The highest BCUT2D eigenvalue weighted by atomic mass is 32.2. The molecule has 1 aromatic carbocycles. The van der Waals surface area contributed by atoms with E-state index in [1.807, 2.05) is 0 Å². The SMILES string of the molecule is Cc1nn(C)c(C)c1NS(=O)(=O)c1ccc2c(c1)CC(=O)N2. The monoisotopic (exact) mass is 320 g/mol. The van der Waals surface area contributed by atoms with Crippen LogP contribution in [-0.2, 0) is 28.3 Å². The van der Waals surface area contributed by atoms with Crippen molar-refractivity contribution in [3.63, 3.8) is 0 Å². The third-order valence-corrected chi connectivity index (χ3v) is 5.10. The minimum atomic E-state index is -3.73. The molecule has 0 unspecified atom stereocenters. The number of sulfonamides is 1. The fraction of sp³-hybridized carbons (Fsp3) is 0.286. The number of amides is 1. The molecule has 0 spiro atoms. The Morgan fingerprint density at radius 2 is 2.05 bits per heavy atom. The number of benzene rings is 1. The molecule has 0 fully saturated rings. The Hall–Kier alpha value is -2.35. The van der Waals surface area contributed by atoms with E-state index in [0.29, 0.717) is 22.6 Å². The maximum absolute atomic E-state index is 12.5. The fourth-order valence-corrected chi connectivity index (χ4v) is 3.71. The molecule has 0 radical (unpaired) electrons. The smallest absolute Gasteiger partial charge is 0.262 e. The van der Waals surface area contributed by atoms with Crippen molar-refractivity contribution >= 4 is 27.3 Å². The van der Waals surface area contributed by atoms with Crippen molar-refractivity contribution in [2.75, 3.05) is 10.0 Å². The second-order valence-electron chi connectivity index (χ2n) is 5.32. The van der Waals surface area contributed by atoms with Gasteiger partial charge < -0.3 is 5.32 Å². The van der Waals surface area contributed by atoms with E-state index in [9.17, 15) is 13.2 Å². The van der Waals surface area contributed by atoms with Crippen LogP contribution in [0.5, 0.6) is 0 Å². The van der Waals surface area contributed by atoms with E-state index in [1.54, 1.807) is 31.6 Å². The third-order valence-electron chi connectivity index (χ3n) is 3.76. The first-order chi connectivity index (χ1) is 10.3. The van der Waals surface area contributed by atoms with Crippen molar-refractivity contribution in [3.05, 3.63) is 35.2 Å². The van der Waals surface area contributed by atoms with E-state index in [1.165, 1.54) is 12.1 Å². The number of rotatable bonds is 3. The van der Waals surface area contributed by atoms with Crippen LogP contribution in [0.3, 0.4) is 0 Å². The molecular weight excluding hydrogens is 304 g/mol. The molecule has 7 nitrogen and oxygen atoms in total. The topological polar surface area (TPSA) is 93.1 Å². The Balaban J connectivity index is 1.97. The molecule has 2 aromatic rings. The molecule has 22 heavy (non-hydrogen) atoms. The van der Waals surface area contributed by atoms with Crippen LogP contribution in [0.2, 0.25) is 0 Å². The summed E-state index contributed by atoms with van der Waals surface area (Å²) in [7, 11) is -1.97. The van der Waals surface area contributed by atoms with Crippen LogP contribution >= 0.6 is 0 Å². The van der Waals surface area contributed by atoms with Crippen molar-refractivity contribution in [2.45, 2.75) is 25.2 Å². The molecule has 1 aliphatic heterocycles. The summed E-state index contributed by atoms with van der Waals surface area (Å²) < 4.78 is 29.3. The van der Waals surface area contributed by atoms with Crippen LogP contribution in [0.1, 0.15) is 17.0 Å². The third kappa shape index (κ3) is 2.35. The van der Waals surface area contributed by atoms with Crippen LogP contribution in [0, 0.1) is 13.8 Å². The fourth-order valence-electron chi connectivity index (χ4n) is 2.49. The summed E-state index contributed by atoms with van der Waals surface area (Å²) in [4.78, 5) is 11.5. The van der Waals surface area contributed by atoms with Gasteiger partial charge in [-0.2, -0.15) is 5.10 Å². The van der Waals surface area contributed by atoms with Crippen molar-refractivity contribution in [2.24, 2.45) is 7.05 Å². The van der Waals surface area contributed by atoms with Gasteiger partial charge in [0.1, 0.15) is 0 Å². The second kappa shape index (κ2) is 4.84. The molecular formula is C14H16N4O3S. The van der Waals surface area contributed by atoms with Gasteiger partial charge in [0.25, 0.3) is 10.0 Å². The zero-order valence-corrected chi connectivity index (χ0v) is 13.3. The van der Waals surface area contributed by atoms with E-state index < -0.39 is 10.0 Å². The van der Waals surface area contributed by atoms with Gasteiger partial charge in [0, 0.05) is 12.7 Å². The van der Waals surface area contributed by atoms with Crippen molar-refractivity contribution in [1.82, 2.24) is 9.78 Å². The number of nitrogens with one attached hydrogen (secondary N) is 2. The molecule has 1 aliphatic rings. The van der Waals surface area contributed by atoms with Gasteiger partial charge in [-0.1, -0.05) is 0 Å². The van der Waals surface area contributed by atoms with Gasteiger partial charge >= 0.3 is 0 Å². The lowest BCUT2D eigenvalue weighted by Crippen LogP contribution is -2.14. The number of carbonyl (C=O) groups is 1. The van der Waals surface area contributed by atoms with Gasteiger partial charge in [0.2, 0.25) is 5.91 Å². The number of nitrogens with zero attached hydrogens (tertiary/aromatic N) is 2. The van der Waals surface area contributed by atoms with E-state index in [0.717, 1.165) is 5.69 Å². The molecule has 2 N–H and O–H groups in total. The first-order valence-electron chi connectivity index (χ1n) is 6.74. The predicted octanol–water partition coefficient (Wildman–Crippen LogP) is 1.33. The molecule has 0 bridgehead atoms. The van der Waals surface area contributed by atoms with E-state index in [-0.39, 0.29) is 17.2 Å². The van der Waals surface area contributed by atoms with Crippen LogP contribution in [0.15, 0.2) is 23.1 Å². The number of carbonyl (C=O) groups excluding carboxylic acids is 1. The molecule has 1 aromatic heterocycles. The number of aromatic nitrogens is 2. The molecule has 8 heteroatoms. The maximum Gasteiger partial charge on any atom is 0.262 e. The Labute approximate surface area is 128 Å². The van der Waals surface area contributed by atoms with Crippen molar-refractivity contribution in [1.29, 1.82) is 0 Å². The lowest BCUT2D eigenvalue weighted by molar-refractivity contribution is -0.115. The first kappa shape index (κ1) is 14.6. The molecule has 0 saturated heterocycles. The minimum absolute atomic E-state index is 0.128. The molecule has 2 heterocycles. The normalized spacial score (nSPS) is 13.9. The Kier molecular flexibility index (Phi) is 3.21. The number of fused-ring (bicyclic) bond motifs is 1. The summed E-state index contributed by atoms with van der Waals surface area (Å²) >= 11 is 0. The van der Waals surface area contributed by atoms with Gasteiger partial charge in [-0.25, -0.2) is 8.42 Å². The highest BCUT2D eigenvalue weighted by Gasteiger charge is 2.23. The van der Waals surface area contributed by atoms with E-state index >= 15 is 0 Å². The average molecular weight is 320 g/mol. The minimum Gasteiger partial charge on any atom is -0.326 e. The van der Waals surface area contributed by atoms with Crippen LogP contribution < -0.4 is 10.0 Å². The summed E-state index contributed by atoms with van der Waals surface area (Å²) in [5, 5.41) is 6.87. The van der Waals surface area contributed by atoms with Crippen molar-refractivity contribution < 1.29 is 13.2 Å². The highest BCUT2D eigenvalue weighted by molar-refractivity contribution is 7.92. The van der Waals surface area contributed by atoms with E-state index in [2.05, 4.69) is 15.1 Å². The molecule has 3 rings (SSSR count). The van der Waals surface area contributed by atoms with Gasteiger partial charge in [-0.3, -0.25) is 14.2 Å². The largest absolute Gasteiger partial charge is 0.326 e. The summed E-state index contributed by atoms with van der Waals surface area (Å²) in [5.41, 5.74) is 3.18. The number of hydrogen-bond donors (Lipinski definition) is 2. The van der Waals surface area contributed by atoms with Crippen LogP contribution in [0.4, 0.5) is 11.4 Å². The van der Waals surface area contributed by atoms with Crippen molar-refractivity contribution in [3.8, 4) is 0 Å². The first-order valence-corrected chi connectivity index (χ1v) is 8.22.